The Labute approximate surface area is 194 Å². The highest BCUT2D eigenvalue weighted by Gasteiger charge is 2.33. The van der Waals surface area contributed by atoms with Crippen molar-refractivity contribution >= 4 is 34.0 Å². The number of nitrogens with zero attached hydrogens (tertiary/aromatic N) is 4. The van der Waals surface area contributed by atoms with Gasteiger partial charge in [-0.3, -0.25) is 14.5 Å². The number of amides is 2. The number of aryl methyl sites for hydroxylation is 1. The van der Waals surface area contributed by atoms with E-state index in [9.17, 15) is 13.6 Å². The van der Waals surface area contributed by atoms with Crippen LogP contribution < -0.4 is 19.3 Å². The van der Waals surface area contributed by atoms with Crippen molar-refractivity contribution in [3.63, 3.8) is 0 Å². The molecule has 7 nitrogen and oxygen atoms in total. The number of fused-ring (bicyclic) bond motifs is 2. The summed E-state index contributed by atoms with van der Waals surface area (Å²) in [5, 5.41) is 5.32. The van der Waals surface area contributed by atoms with Crippen LogP contribution in [0.1, 0.15) is 12.5 Å². The van der Waals surface area contributed by atoms with Crippen molar-refractivity contribution in [2.75, 3.05) is 16.4 Å². The zero-order valence-corrected chi connectivity index (χ0v) is 18.6. The van der Waals surface area contributed by atoms with E-state index < -0.39 is 6.61 Å². The topological polar surface area (TPSA) is 59.8 Å². The average Bonchev–Trinajstić information content (AvgIpc) is 3.18. The number of carbonyl (C=O) groups is 1. The molecule has 0 bridgehead atoms. The minimum Gasteiger partial charge on any atom is -0.494 e. The Balaban J connectivity index is 1.58. The molecule has 1 aromatic heterocycles. The van der Waals surface area contributed by atoms with E-state index in [1.165, 1.54) is 12.1 Å². The summed E-state index contributed by atoms with van der Waals surface area (Å²) in [5.41, 5.74) is 3.68. The molecule has 1 aliphatic rings. The molecule has 5 rings (SSSR count). The Kier molecular flexibility index (Phi) is 5.53. The molecule has 0 saturated carbocycles. The Hall–Kier alpha value is -4.14. The average molecular weight is 464 g/mol. The highest BCUT2D eigenvalue weighted by molar-refractivity contribution is 6.11. The third-order valence-corrected chi connectivity index (χ3v) is 5.59. The number of urea groups is 1. The predicted octanol–water partition coefficient (Wildman–Crippen LogP) is 5.85. The monoisotopic (exact) mass is 464 g/mol. The molecule has 4 aromatic rings. The van der Waals surface area contributed by atoms with Gasteiger partial charge in [0, 0.05) is 30.4 Å². The van der Waals surface area contributed by atoms with Gasteiger partial charge in [0.2, 0.25) is 0 Å². The lowest BCUT2D eigenvalue weighted by atomic mass is 10.1. The molecule has 3 aromatic carbocycles. The van der Waals surface area contributed by atoms with E-state index in [1.807, 2.05) is 56.6 Å². The molecule has 174 valence electrons. The van der Waals surface area contributed by atoms with E-state index >= 15 is 0 Å². The zero-order chi connectivity index (χ0) is 23.8. The smallest absolute Gasteiger partial charge is 0.387 e. The maximum Gasteiger partial charge on any atom is 0.387 e. The number of anilines is 3. The molecule has 0 radical (unpaired) electrons. The second-order valence-electron chi connectivity index (χ2n) is 7.85. The lowest BCUT2D eigenvalue weighted by molar-refractivity contribution is -0.0498. The molecule has 9 heteroatoms. The number of hydrogen-bond acceptors (Lipinski definition) is 4. The van der Waals surface area contributed by atoms with E-state index in [2.05, 4.69) is 9.84 Å². The number of ether oxygens (including phenoxy) is 2. The van der Waals surface area contributed by atoms with Crippen molar-refractivity contribution in [1.29, 1.82) is 0 Å². The molecule has 34 heavy (non-hydrogen) atoms. The zero-order valence-electron chi connectivity index (χ0n) is 18.6. The normalized spacial score (nSPS) is 13.5. The molecule has 0 fully saturated rings. The number of benzene rings is 3. The van der Waals surface area contributed by atoms with Crippen LogP contribution in [0.5, 0.6) is 11.5 Å². The summed E-state index contributed by atoms with van der Waals surface area (Å²) in [5.74, 6) is 0.660. The molecule has 1 aliphatic heterocycles. The second-order valence-corrected chi connectivity index (χ2v) is 7.85. The van der Waals surface area contributed by atoms with Crippen molar-refractivity contribution in [3.05, 3.63) is 72.4 Å². The first-order valence-electron chi connectivity index (χ1n) is 10.8. The molecule has 2 amide bonds. The third kappa shape index (κ3) is 4.00. The highest BCUT2D eigenvalue weighted by atomic mass is 19.3. The standard InChI is InChI=1S/C25H22F2N4O3/c1-3-33-21-8-4-16-15-30(19-7-11-22-17(12-19)14-29(2)28-22)25(32)31(23(16)13-21)18-5-9-20(10-6-18)34-24(26)27/h4-14,24H,3,15H2,1-2H3. The molecule has 0 saturated heterocycles. The Morgan fingerprint density at radius 1 is 1.00 bits per heavy atom. The van der Waals surface area contributed by atoms with Crippen molar-refractivity contribution in [2.45, 2.75) is 20.1 Å². The summed E-state index contributed by atoms with van der Waals surface area (Å²) < 4.78 is 37.0. The first-order chi connectivity index (χ1) is 16.4. The fourth-order valence-electron chi connectivity index (χ4n) is 4.14. The van der Waals surface area contributed by atoms with Crippen molar-refractivity contribution in [3.8, 4) is 11.5 Å². The van der Waals surface area contributed by atoms with Crippen LogP contribution in [0.2, 0.25) is 0 Å². The summed E-state index contributed by atoms with van der Waals surface area (Å²) in [4.78, 5) is 17.0. The number of halogens is 2. The maximum absolute atomic E-state index is 13.8. The fraction of sp³-hybridized carbons (Fsp3) is 0.200. The summed E-state index contributed by atoms with van der Waals surface area (Å²) in [6.45, 7) is -0.172. The largest absolute Gasteiger partial charge is 0.494 e. The minimum absolute atomic E-state index is 0.0189. The Morgan fingerprint density at radius 2 is 1.74 bits per heavy atom. The van der Waals surface area contributed by atoms with Gasteiger partial charge >= 0.3 is 12.6 Å². The van der Waals surface area contributed by atoms with Crippen LogP contribution in [0.4, 0.5) is 30.6 Å². The number of alkyl halides is 2. The lowest BCUT2D eigenvalue weighted by Gasteiger charge is -2.37. The number of rotatable bonds is 6. The Bertz CT molecular complexity index is 1350. The van der Waals surface area contributed by atoms with Gasteiger partial charge in [0.05, 0.1) is 30.0 Å². The van der Waals surface area contributed by atoms with E-state index in [0.717, 1.165) is 22.2 Å². The molecule has 0 N–H and O–H groups in total. The van der Waals surface area contributed by atoms with Gasteiger partial charge < -0.3 is 9.47 Å². The van der Waals surface area contributed by atoms with Crippen LogP contribution in [0, 0.1) is 0 Å². The summed E-state index contributed by atoms with van der Waals surface area (Å²) in [6, 6.07) is 17.0. The summed E-state index contributed by atoms with van der Waals surface area (Å²) >= 11 is 0. The van der Waals surface area contributed by atoms with E-state index in [-0.39, 0.29) is 11.8 Å². The van der Waals surface area contributed by atoms with Gasteiger partial charge in [-0.05, 0) is 61.0 Å². The van der Waals surface area contributed by atoms with Crippen molar-refractivity contribution < 1.29 is 23.0 Å². The van der Waals surface area contributed by atoms with E-state index in [0.29, 0.717) is 30.3 Å². The molecular formula is C25H22F2N4O3. The predicted molar refractivity (Wildman–Crippen MR) is 125 cm³/mol. The fourth-order valence-corrected chi connectivity index (χ4v) is 4.14. The quantitative estimate of drug-likeness (QED) is 0.359. The van der Waals surface area contributed by atoms with Gasteiger partial charge in [0.25, 0.3) is 0 Å². The number of aromatic nitrogens is 2. The van der Waals surface area contributed by atoms with Crippen LogP contribution in [0.25, 0.3) is 10.9 Å². The molecule has 2 heterocycles. The number of hydrogen-bond donors (Lipinski definition) is 0. The SMILES string of the molecule is CCOc1ccc2c(c1)N(c1ccc(OC(F)F)cc1)C(=O)N(c1ccc3nn(C)cc3c1)C2. The Morgan fingerprint density at radius 3 is 2.47 bits per heavy atom. The summed E-state index contributed by atoms with van der Waals surface area (Å²) in [6.07, 6.45) is 1.90. The van der Waals surface area contributed by atoms with Crippen LogP contribution >= 0.6 is 0 Å². The molecule has 0 spiro atoms. The van der Waals surface area contributed by atoms with Crippen LogP contribution in [0.3, 0.4) is 0 Å². The summed E-state index contributed by atoms with van der Waals surface area (Å²) in [7, 11) is 1.85. The van der Waals surface area contributed by atoms with E-state index in [1.54, 1.807) is 26.6 Å². The second kappa shape index (κ2) is 8.66. The van der Waals surface area contributed by atoms with Gasteiger partial charge in [0.15, 0.2) is 0 Å². The van der Waals surface area contributed by atoms with Crippen molar-refractivity contribution in [1.82, 2.24) is 9.78 Å². The van der Waals surface area contributed by atoms with Gasteiger partial charge in [-0.1, -0.05) is 6.07 Å². The molecular weight excluding hydrogens is 442 g/mol. The van der Waals surface area contributed by atoms with Crippen molar-refractivity contribution in [2.24, 2.45) is 7.05 Å². The lowest BCUT2D eigenvalue weighted by Crippen LogP contribution is -2.45. The first kappa shape index (κ1) is 21.7. The minimum atomic E-state index is -2.92. The van der Waals surface area contributed by atoms with Crippen LogP contribution in [-0.4, -0.2) is 29.0 Å². The molecule has 0 atom stereocenters. The van der Waals surface area contributed by atoms with Gasteiger partial charge in [-0.15, -0.1) is 0 Å². The van der Waals surface area contributed by atoms with Gasteiger partial charge in [0.1, 0.15) is 11.5 Å². The van der Waals surface area contributed by atoms with Crippen LogP contribution in [0.15, 0.2) is 66.9 Å². The highest BCUT2D eigenvalue weighted by Crippen LogP contribution is 2.40. The van der Waals surface area contributed by atoms with E-state index in [4.69, 9.17) is 4.74 Å². The number of carbonyl (C=O) groups excluding carboxylic acids is 1. The molecule has 0 aliphatic carbocycles. The third-order valence-electron chi connectivity index (χ3n) is 5.59. The van der Waals surface area contributed by atoms with Gasteiger partial charge in [-0.2, -0.15) is 13.9 Å². The first-order valence-corrected chi connectivity index (χ1v) is 10.8. The van der Waals surface area contributed by atoms with Crippen LogP contribution in [-0.2, 0) is 13.6 Å². The maximum atomic E-state index is 13.8. The van der Waals surface area contributed by atoms with Gasteiger partial charge in [-0.25, -0.2) is 4.79 Å². The molecule has 0 unspecified atom stereocenters.